The molecule has 0 aliphatic carbocycles. The molecule has 0 aromatic carbocycles. The first kappa shape index (κ1) is 9.74. The minimum absolute atomic E-state index is 0.404. The molecule has 0 aromatic heterocycles. The van der Waals surface area contributed by atoms with Crippen molar-refractivity contribution in [3.8, 4) is 0 Å². The van der Waals surface area contributed by atoms with Gasteiger partial charge in [0.05, 0.1) is 0 Å². The van der Waals surface area contributed by atoms with Crippen LogP contribution >= 0.6 is 0 Å². The summed E-state index contributed by atoms with van der Waals surface area (Å²) < 4.78 is 0. The van der Waals surface area contributed by atoms with Crippen LogP contribution in [0.2, 0.25) is 0 Å². The summed E-state index contributed by atoms with van der Waals surface area (Å²) in [5.74, 6) is 0.638. The maximum Gasteiger partial charge on any atom is -0.0263 e. The lowest BCUT2D eigenvalue weighted by molar-refractivity contribution is 0.395. The Bertz CT molecular complexity index is 112. The van der Waals surface area contributed by atoms with E-state index >= 15 is 0 Å². The van der Waals surface area contributed by atoms with Crippen LogP contribution in [0.3, 0.4) is 0 Å². The van der Waals surface area contributed by atoms with Crippen molar-refractivity contribution in [1.29, 1.82) is 0 Å². The fourth-order valence-electron chi connectivity index (χ4n) is 0.885. The molecule has 0 unspecified atom stereocenters. The molecule has 0 bridgehead atoms. The summed E-state index contributed by atoms with van der Waals surface area (Å²) in [6.07, 6.45) is 1.14. The van der Waals surface area contributed by atoms with Crippen LogP contribution in [0, 0.1) is 11.3 Å². The monoisotopic (exact) mass is 140 g/mol. The summed E-state index contributed by atoms with van der Waals surface area (Å²) in [6, 6.07) is 0. The molecule has 0 N–H and O–H groups in total. The smallest absolute Gasteiger partial charge is 0.0263 e. The molecule has 0 aliphatic heterocycles. The topological polar surface area (TPSA) is 0 Å². The van der Waals surface area contributed by atoms with Gasteiger partial charge in [-0.3, -0.25) is 0 Å². The van der Waals surface area contributed by atoms with E-state index in [2.05, 4.69) is 41.2 Å². The van der Waals surface area contributed by atoms with Crippen molar-refractivity contribution >= 4 is 0 Å². The second-order valence-electron chi connectivity index (χ2n) is 4.55. The van der Waals surface area contributed by atoms with Crippen molar-refractivity contribution in [3.63, 3.8) is 0 Å². The van der Waals surface area contributed by atoms with E-state index < -0.39 is 0 Å². The van der Waals surface area contributed by atoms with Crippen LogP contribution in [0.4, 0.5) is 0 Å². The zero-order valence-corrected chi connectivity index (χ0v) is 7.99. The highest BCUT2D eigenvalue weighted by Crippen LogP contribution is 2.26. The predicted molar refractivity (Wildman–Crippen MR) is 48.1 cm³/mol. The van der Waals surface area contributed by atoms with Crippen molar-refractivity contribution in [3.05, 3.63) is 12.2 Å². The maximum absolute atomic E-state index is 4.04. The molecule has 0 spiro atoms. The Labute approximate surface area is 65.3 Å². The zero-order chi connectivity index (χ0) is 8.36. The fraction of sp³-hybridized carbons (Fsp3) is 0.800. The van der Waals surface area contributed by atoms with Gasteiger partial charge >= 0.3 is 0 Å². The van der Waals surface area contributed by atoms with Gasteiger partial charge in [-0.25, -0.2) is 0 Å². The van der Waals surface area contributed by atoms with E-state index in [1.807, 2.05) is 0 Å². The number of allylic oxidation sites excluding steroid dienone is 1. The van der Waals surface area contributed by atoms with E-state index in [9.17, 15) is 0 Å². The largest absolute Gasteiger partial charge is 0.0996 e. The molecule has 60 valence electrons. The van der Waals surface area contributed by atoms with E-state index in [1.165, 1.54) is 5.57 Å². The number of hydrogen-bond acceptors (Lipinski definition) is 0. The minimum Gasteiger partial charge on any atom is -0.0996 e. The molecule has 0 amide bonds. The van der Waals surface area contributed by atoms with Gasteiger partial charge in [-0.1, -0.05) is 46.8 Å². The number of hydrogen-bond donors (Lipinski definition) is 0. The van der Waals surface area contributed by atoms with Crippen molar-refractivity contribution in [2.45, 2.75) is 41.0 Å². The molecule has 0 aliphatic rings. The molecular formula is C10H20. The van der Waals surface area contributed by atoms with Gasteiger partial charge in [0.2, 0.25) is 0 Å². The van der Waals surface area contributed by atoms with Gasteiger partial charge in [-0.15, -0.1) is 0 Å². The highest BCUT2D eigenvalue weighted by atomic mass is 14.2. The van der Waals surface area contributed by atoms with E-state index in [0.29, 0.717) is 11.3 Å². The predicted octanol–water partition coefficient (Wildman–Crippen LogP) is 3.63. The second-order valence-corrected chi connectivity index (χ2v) is 4.55. The van der Waals surface area contributed by atoms with Crippen molar-refractivity contribution < 1.29 is 0 Å². The molecule has 0 aromatic rings. The minimum atomic E-state index is 0.404. The molecule has 0 heterocycles. The first-order chi connectivity index (χ1) is 4.33. The van der Waals surface area contributed by atoms with E-state index in [-0.39, 0.29) is 0 Å². The van der Waals surface area contributed by atoms with Crippen LogP contribution in [-0.4, -0.2) is 0 Å². The van der Waals surface area contributed by atoms with Gasteiger partial charge in [0, 0.05) is 0 Å². The molecule has 0 rings (SSSR count). The lowest BCUT2D eigenvalue weighted by Crippen LogP contribution is -2.08. The van der Waals surface area contributed by atoms with Gasteiger partial charge in [0.15, 0.2) is 0 Å². The third-order valence-electron chi connectivity index (χ3n) is 1.57. The van der Waals surface area contributed by atoms with Crippen LogP contribution in [0.15, 0.2) is 12.2 Å². The highest BCUT2D eigenvalue weighted by Gasteiger charge is 2.13. The quantitative estimate of drug-likeness (QED) is 0.514. The van der Waals surface area contributed by atoms with Gasteiger partial charge in [0.25, 0.3) is 0 Å². The average Bonchev–Trinajstić information content (AvgIpc) is 1.60. The van der Waals surface area contributed by atoms with E-state index in [4.69, 9.17) is 0 Å². The van der Waals surface area contributed by atoms with Gasteiger partial charge in [-0.05, 0) is 17.8 Å². The maximum atomic E-state index is 4.04. The number of rotatable bonds is 2. The SMILES string of the molecule is C=C(CC(C)(C)C)C(C)C. The summed E-state index contributed by atoms with van der Waals surface area (Å²) in [5.41, 5.74) is 1.77. The van der Waals surface area contributed by atoms with E-state index in [1.54, 1.807) is 0 Å². The summed E-state index contributed by atoms with van der Waals surface area (Å²) in [4.78, 5) is 0. The van der Waals surface area contributed by atoms with Crippen molar-refractivity contribution in [2.75, 3.05) is 0 Å². The highest BCUT2D eigenvalue weighted by molar-refractivity contribution is 5.00. The fourth-order valence-corrected chi connectivity index (χ4v) is 0.885. The lowest BCUT2D eigenvalue weighted by Gasteiger charge is -2.21. The third-order valence-corrected chi connectivity index (χ3v) is 1.57. The Morgan fingerprint density at radius 1 is 1.30 bits per heavy atom. The molecule has 0 heteroatoms. The van der Waals surface area contributed by atoms with Crippen LogP contribution in [-0.2, 0) is 0 Å². The Kier molecular flexibility index (Phi) is 3.14. The summed E-state index contributed by atoms with van der Waals surface area (Å²) >= 11 is 0. The molecule has 0 fully saturated rings. The van der Waals surface area contributed by atoms with Gasteiger partial charge in [-0.2, -0.15) is 0 Å². The Balaban J connectivity index is 3.81. The van der Waals surface area contributed by atoms with Crippen LogP contribution < -0.4 is 0 Å². The van der Waals surface area contributed by atoms with Crippen LogP contribution in [0.5, 0.6) is 0 Å². The summed E-state index contributed by atoms with van der Waals surface area (Å²) in [6.45, 7) is 15.2. The third kappa shape index (κ3) is 4.60. The normalized spacial score (nSPS) is 12.2. The second kappa shape index (κ2) is 3.23. The van der Waals surface area contributed by atoms with Crippen LogP contribution in [0.25, 0.3) is 0 Å². The average molecular weight is 140 g/mol. The zero-order valence-electron chi connectivity index (χ0n) is 7.99. The summed E-state index contributed by atoms with van der Waals surface area (Å²) in [7, 11) is 0. The Hall–Kier alpha value is -0.260. The molecule has 10 heavy (non-hydrogen) atoms. The first-order valence-electron chi connectivity index (χ1n) is 4.00. The molecular weight excluding hydrogens is 120 g/mol. The van der Waals surface area contributed by atoms with Crippen LogP contribution in [0.1, 0.15) is 41.0 Å². The lowest BCUT2D eigenvalue weighted by atomic mass is 9.85. The molecule has 0 radical (unpaired) electrons. The van der Waals surface area contributed by atoms with E-state index in [0.717, 1.165) is 6.42 Å². The van der Waals surface area contributed by atoms with Crippen molar-refractivity contribution in [1.82, 2.24) is 0 Å². The molecule has 0 atom stereocenters. The van der Waals surface area contributed by atoms with Gasteiger partial charge in [0.1, 0.15) is 0 Å². The molecule has 0 saturated carbocycles. The van der Waals surface area contributed by atoms with Gasteiger partial charge < -0.3 is 0 Å². The van der Waals surface area contributed by atoms with Crippen molar-refractivity contribution in [2.24, 2.45) is 11.3 Å². The summed E-state index contributed by atoms with van der Waals surface area (Å²) in [5, 5.41) is 0. The Morgan fingerprint density at radius 3 is 1.80 bits per heavy atom. The Morgan fingerprint density at radius 2 is 1.70 bits per heavy atom. The standard InChI is InChI=1S/C10H20/c1-8(2)9(3)7-10(4,5)6/h8H,3,7H2,1-2,4-6H3. The molecule has 0 nitrogen and oxygen atoms in total. The molecule has 0 saturated heterocycles. The first-order valence-corrected chi connectivity index (χ1v) is 4.00.